The van der Waals surface area contributed by atoms with Gasteiger partial charge in [-0.05, 0) is 6.07 Å². The maximum Gasteiger partial charge on any atom is 0.229 e. The average Bonchev–Trinajstić information content (AvgIpc) is 2.84. The number of aryl methyl sites for hydroxylation is 1. The van der Waals surface area contributed by atoms with Gasteiger partial charge in [0.1, 0.15) is 0 Å². The Morgan fingerprint density at radius 2 is 1.89 bits per heavy atom. The van der Waals surface area contributed by atoms with Gasteiger partial charge in [-0.2, -0.15) is 15.1 Å². The lowest BCUT2D eigenvalue weighted by Crippen LogP contribution is -2.09. The lowest BCUT2D eigenvalue weighted by molar-refractivity contribution is 0.373. The molecule has 0 radical (unpaired) electrons. The number of nitrogens with zero attached hydrogens (tertiary/aromatic N) is 4. The minimum absolute atomic E-state index is 0.465. The molecule has 0 saturated carbocycles. The molecule has 2 heterocycles. The van der Waals surface area contributed by atoms with Crippen molar-refractivity contribution in [1.29, 1.82) is 0 Å². The van der Waals surface area contributed by atoms with Crippen LogP contribution in [0.15, 0.2) is 18.3 Å². The lowest BCUT2D eigenvalue weighted by Gasteiger charge is -2.07. The van der Waals surface area contributed by atoms with Gasteiger partial charge in [-0.25, -0.2) is 0 Å². The van der Waals surface area contributed by atoms with Crippen LogP contribution in [0, 0.1) is 0 Å². The largest absolute Gasteiger partial charge is 0.481 e. The summed E-state index contributed by atoms with van der Waals surface area (Å²) in [5.74, 6) is 1.41. The van der Waals surface area contributed by atoms with Gasteiger partial charge in [0.25, 0.3) is 0 Å². The van der Waals surface area contributed by atoms with Crippen LogP contribution in [0.3, 0.4) is 0 Å². The molecule has 0 saturated heterocycles. The van der Waals surface area contributed by atoms with Crippen molar-refractivity contribution in [3.05, 3.63) is 24.0 Å². The second-order valence-corrected chi connectivity index (χ2v) is 3.93. The summed E-state index contributed by atoms with van der Waals surface area (Å²) < 4.78 is 11.9. The molecule has 0 amide bonds. The standard InChI is InChI=1S/C12H17N5O2/c1-17-7-5-9(16-17)4-6-13-12-14-10(18-2)8-11(15-12)19-3/h5,7-8H,4,6H2,1-3H3,(H,13,14,15). The number of nitrogens with one attached hydrogen (secondary N) is 1. The first-order valence-corrected chi connectivity index (χ1v) is 5.90. The van der Waals surface area contributed by atoms with Crippen molar-refractivity contribution in [2.24, 2.45) is 7.05 Å². The normalized spacial score (nSPS) is 10.3. The van der Waals surface area contributed by atoms with Gasteiger partial charge in [0.15, 0.2) is 0 Å². The molecule has 0 spiro atoms. The van der Waals surface area contributed by atoms with E-state index in [4.69, 9.17) is 9.47 Å². The van der Waals surface area contributed by atoms with Gasteiger partial charge in [0, 0.05) is 26.2 Å². The first-order valence-electron chi connectivity index (χ1n) is 5.90. The van der Waals surface area contributed by atoms with Crippen molar-refractivity contribution < 1.29 is 9.47 Å². The van der Waals surface area contributed by atoms with E-state index in [0.717, 1.165) is 12.1 Å². The molecule has 2 aromatic rings. The second-order valence-electron chi connectivity index (χ2n) is 3.93. The second kappa shape index (κ2) is 6.03. The maximum atomic E-state index is 5.08. The molecule has 0 atom stereocenters. The Morgan fingerprint density at radius 1 is 1.21 bits per heavy atom. The molecule has 0 aliphatic carbocycles. The third-order valence-electron chi connectivity index (χ3n) is 2.53. The molecule has 0 aliphatic heterocycles. The van der Waals surface area contributed by atoms with Crippen LogP contribution in [0.5, 0.6) is 11.8 Å². The molecule has 0 aliphatic rings. The molecule has 0 bridgehead atoms. The number of hydrogen-bond donors (Lipinski definition) is 1. The number of rotatable bonds is 6. The molecule has 0 aromatic carbocycles. The molecular weight excluding hydrogens is 246 g/mol. The van der Waals surface area contributed by atoms with E-state index in [0.29, 0.717) is 24.3 Å². The highest BCUT2D eigenvalue weighted by Crippen LogP contribution is 2.17. The molecular formula is C12H17N5O2. The molecule has 1 N–H and O–H groups in total. The SMILES string of the molecule is COc1cc(OC)nc(NCCc2ccn(C)n2)n1. The molecule has 2 rings (SSSR count). The first kappa shape index (κ1) is 13.1. The molecule has 7 nitrogen and oxygen atoms in total. The van der Waals surface area contributed by atoms with Gasteiger partial charge in [0.2, 0.25) is 17.7 Å². The fraction of sp³-hybridized carbons (Fsp3) is 0.417. The van der Waals surface area contributed by atoms with E-state index in [1.165, 1.54) is 0 Å². The zero-order valence-corrected chi connectivity index (χ0v) is 11.3. The van der Waals surface area contributed by atoms with Gasteiger partial charge in [-0.1, -0.05) is 0 Å². The highest BCUT2D eigenvalue weighted by molar-refractivity contribution is 5.33. The van der Waals surface area contributed by atoms with Crippen molar-refractivity contribution in [2.75, 3.05) is 26.1 Å². The molecule has 0 fully saturated rings. The minimum Gasteiger partial charge on any atom is -0.481 e. The lowest BCUT2D eigenvalue weighted by atomic mass is 10.3. The summed E-state index contributed by atoms with van der Waals surface area (Å²) in [5.41, 5.74) is 1.02. The van der Waals surface area contributed by atoms with Gasteiger partial charge in [0.05, 0.1) is 26.0 Å². The quantitative estimate of drug-likeness (QED) is 0.834. The summed E-state index contributed by atoms with van der Waals surface area (Å²) >= 11 is 0. The van der Waals surface area contributed by atoms with Crippen LogP contribution in [-0.4, -0.2) is 40.5 Å². The predicted octanol–water partition coefficient (Wildman–Crippen LogP) is 0.882. The number of aromatic nitrogens is 4. The Balaban J connectivity index is 1.95. The van der Waals surface area contributed by atoms with Crippen LogP contribution < -0.4 is 14.8 Å². The van der Waals surface area contributed by atoms with Crippen molar-refractivity contribution in [1.82, 2.24) is 19.7 Å². The first-order chi connectivity index (χ1) is 9.21. The molecule has 2 aromatic heterocycles. The van der Waals surface area contributed by atoms with Crippen molar-refractivity contribution in [3.63, 3.8) is 0 Å². The number of methoxy groups -OCH3 is 2. The number of anilines is 1. The summed E-state index contributed by atoms with van der Waals surface area (Å²) in [6.07, 6.45) is 2.71. The highest BCUT2D eigenvalue weighted by atomic mass is 16.5. The van der Waals surface area contributed by atoms with E-state index >= 15 is 0 Å². The van der Waals surface area contributed by atoms with Crippen LogP contribution in [-0.2, 0) is 13.5 Å². The van der Waals surface area contributed by atoms with Crippen LogP contribution in [0.2, 0.25) is 0 Å². The Hall–Kier alpha value is -2.31. The van der Waals surface area contributed by atoms with Crippen molar-refractivity contribution >= 4 is 5.95 Å². The fourth-order valence-corrected chi connectivity index (χ4v) is 1.59. The van der Waals surface area contributed by atoms with E-state index in [-0.39, 0.29) is 0 Å². The van der Waals surface area contributed by atoms with Crippen LogP contribution in [0.1, 0.15) is 5.69 Å². The van der Waals surface area contributed by atoms with E-state index in [1.807, 2.05) is 19.3 Å². The maximum absolute atomic E-state index is 5.08. The fourth-order valence-electron chi connectivity index (χ4n) is 1.59. The molecule has 7 heteroatoms. The van der Waals surface area contributed by atoms with Gasteiger partial charge < -0.3 is 14.8 Å². The van der Waals surface area contributed by atoms with Gasteiger partial charge >= 0.3 is 0 Å². The van der Waals surface area contributed by atoms with Gasteiger partial charge in [-0.15, -0.1) is 0 Å². The molecule has 102 valence electrons. The molecule has 19 heavy (non-hydrogen) atoms. The third kappa shape index (κ3) is 3.57. The third-order valence-corrected chi connectivity index (χ3v) is 2.53. The summed E-state index contributed by atoms with van der Waals surface area (Å²) in [5, 5.41) is 7.42. The monoisotopic (exact) mass is 263 g/mol. The number of ether oxygens (including phenoxy) is 2. The van der Waals surface area contributed by atoms with Crippen LogP contribution >= 0.6 is 0 Å². The molecule has 0 unspecified atom stereocenters. The summed E-state index contributed by atoms with van der Waals surface area (Å²) in [4.78, 5) is 8.37. The van der Waals surface area contributed by atoms with E-state index in [1.54, 1.807) is 25.0 Å². The Morgan fingerprint density at radius 3 is 2.42 bits per heavy atom. The predicted molar refractivity (Wildman–Crippen MR) is 70.5 cm³/mol. The van der Waals surface area contributed by atoms with E-state index in [2.05, 4.69) is 20.4 Å². The minimum atomic E-state index is 0.465. The Kier molecular flexibility index (Phi) is 4.17. The topological polar surface area (TPSA) is 74.1 Å². The number of hydrogen-bond acceptors (Lipinski definition) is 6. The van der Waals surface area contributed by atoms with Gasteiger partial charge in [-0.3, -0.25) is 4.68 Å². The summed E-state index contributed by atoms with van der Waals surface area (Å²) in [7, 11) is 5.01. The highest BCUT2D eigenvalue weighted by Gasteiger charge is 2.05. The Bertz CT molecular complexity index is 518. The average molecular weight is 263 g/mol. The summed E-state index contributed by atoms with van der Waals surface area (Å²) in [6.45, 7) is 0.688. The Labute approximate surface area is 111 Å². The zero-order valence-electron chi connectivity index (χ0n) is 11.3. The van der Waals surface area contributed by atoms with E-state index in [9.17, 15) is 0 Å². The van der Waals surface area contributed by atoms with Crippen molar-refractivity contribution in [2.45, 2.75) is 6.42 Å². The summed E-state index contributed by atoms with van der Waals surface area (Å²) in [6, 6.07) is 3.61. The van der Waals surface area contributed by atoms with E-state index < -0.39 is 0 Å². The zero-order chi connectivity index (χ0) is 13.7. The van der Waals surface area contributed by atoms with Crippen LogP contribution in [0.25, 0.3) is 0 Å². The van der Waals surface area contributed by atoms with Crippen LogP contribution in [0.4, 0.5) is 5.95 Å². The van der Waals surface area contributed by atoms with Crippen molar-refractivity contribution in [3.8, 4) is 11.8 Å². The smallest absolute Gasteiger partial charge is 0.229 e.